The minimum absolute atomic E-state index is 0.366. The lowest BCUT2D eigenvalue weighted by molar-refractivity contribution is 0.739. The molecule has 0 aliphatic carbocycles. The van der Waals surface area contributed by atoms with E-state index in [9.17, 15) is 0 Å². The van der Waals surface area contributed by atoms with Crippen molar-refractivity contribution in [2.24, 2.45) is 5.11 Å². The topological polar surface area (TPSA) is 60.8 Å². The molecule has 1 aliphatic rings. The molecule has 1 rings (SSSR count). The van der Waals surface area contributed by atoms with Gasteiger partial charge in [0.25, 0.3) is 0 Å². The first-order chi connectivity index (χ1) is 3.83. The fourth-order valence-electron chi connectivity index (χ4n) is 0.265. The number of nitrogens with one attached hydrogen (secondary N) is 1. The van der Waals surface area contributed by atoms with E-state index in [4.69, 9.17) is 5.53 Å². The van der Waals surface area contributed by atoms with Crippen molar-refractivity contribution in [3.05, 3.63) is 10.4 Å². The number of hydrogen-bond donors (Lipinski definition) is 1. The lowest BCUT2D eigenvalue weighted by Gasteiger charge is -1.96. The first-order valence-electron chi connectivity index (χ1n) is 1.95. The summed E-state index contributed by atoms with van der Waals surface area (Å²) in [7, 11) is 4.82. The van der Waals surface area contributed by atoms with Gasteiger partial charge in [-0.3, -0.25) is 5.32 Å². The van der Waals surface area contributed by atoms with Crippen molar-refractivity contribution < 1.29 is 0 Å². The Morgan fingerprint density at radius 1 is 1.75 bits per heavy atom. The summed E-state index contributed by atoms with van der Waals surface area (Å²) < 4.78 is -0.366. The van der Waals surface area contributed by atoms with Crippen molar-refractivity contribution in [3.8, 4) is 0 Å². The van der Waals surface area contributed by atoms with Gasteiger partial charge in [0.15, 0.2) is 0 Å². The smallest absolute Gasteiger partial charge is 0.211 e. The predicted molar refractivity (Wildman–Crippen MR) is 36.1 cm³/mol. The number of rotatable bonds is 2. The highest BCUT2D eigenvalue weighted by Gasteiger charge is 2.44. The van der Waals surface area contributed by atoms with Gasteiger partial charge in [0.05, 0.1) is 0 Å². The summed E-state index contributed by atoms with van der Waals surface area (Å²) in [5.41, 5.74) is 7.96. The van der Waals surface area contributed by atoms with E-state index in [2.05, 4.69) is 15.3 Å². The van der Waals surface area contributed by atoms with Gasteiger partial charge in [0.2, 0.25) is 4.33 Å². The van der Waals surface area contributed by atoms with Gasteiger partial charge in [-0.2, -0.15) is 0 Å². The van der Waals surface area contributed by atoms with Gasteiger partial charge in [-0.05, 0) is 17.7 Å². The molecule has 1 aliphatic heterocycles. The Morgan fingerprint density at radius 2 is 2.38 bits per heavy atom. The summed E-state index contributed by atoms with van der Waals surface area (Å²) in [6.07, 6.45) is 0. The molecular formula is C2H4N4S2. The molecule has 8 heavy (non-hydrogen) atoms. The zero-order chi connectivity index (χ0) is 6.04. The van der Waals surface area contributed by atoms with E-state index in [0.717, 1.165) is 0 Å². The van der Waals surface area contributed by atoms with Crippen molar-refractivity contribution in [3.63, 3.8) is 0 Å². The van der Waals surface area contributed by atoms with Crippen LogP contribution in [-0.2, 0) is 0 Å². The fraction of sp³-hybridized carbons (Fsp3) is 1.00. The molecule has 0 saturated carbocycles. The summed E-state index contributed by atoms with van der Waals surface area (Å²) in [5, 5.41) is 6.34. The van der Waals surface area contributed by atoms with E-state index < -0.39 is 0 Å². The van der Waals surface area contributed by atoms with Gasteiger partial charge in [-0.15, -0.1) is 0 Å². The van der Waals surface area contributed by atoms with Crippen LogP contribution < -0.4 is 5.32 Å². The summed E-state index contributed by atoms with van der Waals surface area (Å²) in [4.78, 5) is 2.66. The van der Waals surface area contributed by atoms with Crippen LogP contribution in [0.4, 0.5) is 0 Å². The molecule has 1 N–H and O–H groups in total. The van der Waals surface area contributed by atoms with E-state index in [1.807, 2.05) is 0 Å². The number of azide groups is 1. The summed E-state index contributed by atoms with van der Waals surface area (Å²) in [5.74, 6) is 0. The zero-order valence-corrected chi connectivity index (χ0v) is 5.79. The quantitative estimate of drug-likeness (QED) is 0.212. The predicted octanol–water partition coefficient (Wildman–Crippen LogP) is 1.52. The largest absolute Gasteiger partial charge is 0.291 e. The Bertz CT molecular complexity index is 135. The van der Waals surface area contributed by atoms with E-state index in [-0.39, 0.29) is 4.33 Å². The van der Waals surface area contributed by atoms with Crippen LogP contribution in [0.25, 0.3) is 10.4 Å². The van der Waals surface area contributed by atoms with Gasteiger partial charge < -0.3 is 0 Å². The van der Waals surface area contributed by atoms with Crippen molar-refractivity contribution in [1.82, 2.24) is 5.32 Å². The van der Waals surface area contributed by atoms with E-state index in [0.29, 0.717) is 0 Å². The SMILES string of the molecule is CNC1(N=[N+]=[N-])SS1. The van der Waals surface area contributed by atoms with Gasteiger partial charge in [0, 0.05) is 4.91 Å². The highest BCUT2D eigenvalue weighted by atomic mass is 33.2. The van der Waals surface area contributed by atoms with Crippen LogP contribution in [0.3, 0.4) is 0 Å². The van der Waals surface area contributed by atoms with Crippen LogP contribution in [0.2, 0.25) is 0 Å². The molecule has 4 nitrogen and oxygen atoms in total. The van der Waals surface area contributed by atoms with Crippen molar-refractivity contribution in [2.45, 2.75) is 4.33 Å². The van der Waals surface area contributed by atoms with E-state index >= 15 is 0 Å². The monoisotopic (exact) mass is 148 g/mol. The maximum absolute atomic E-state index is 7.96. The molecule has 0 unspecified atom stereocenters. The average Bonchev–Trinajstić information content (AvgIpc) is 2.50. The lowest BCUT2D eigenvalue weighted by Crippen LogP contribution is -2.20. The standard InChI is InChI=1S/C2H4N4S2/c1-4-2(5-6-3)7-8-2/h4H,1H3. The Labute approximate surface area is 54.4 Å². The molecule has 0 aromatic carbocycles. The maximum Gasteiger partial charge on any atom is 0.211 e. The van der Waals surface area contributed by atoms with Gasteiger partial charge in [-0.1, -0.05) is 21.6 Å². The second-order valence-corrected chi connectivity index (χ2v) is 3.96. The van der Waals surface area contributed by atoms with Crippen LogP contribution in [-0.4, -0.2) is 11.4 Å². The summed E-state index contributed by atoms with van der Waals surface area (Å²) in [6.45, 7) is 0. The second kappa shape index (κ2) is 2.06. The van der Waals surface area contributed by atoms with Crippen molar-refractivity contribution in [2.75, 3.05) is 7.05 Å². The van der Waals surface area contributed by atoms with Crippen LogP contribution in [0.15, 0.2) is 5.11 Å². The Morgan fingerprint density at radius 3 is 2.50 bits per heavy atom. The summed E-state index contributed by atoms with van der Waals surface area (Å²) >= 11 is 0. The molecular weight excluding hydrogens is 144 g/mol. The van der Waals surface area contributed by atoms with E-state index in [1.54, 1.807) is 7.05 Å². The van der Waals surface area contributed by atoms with Crippen LogP contribution >= 0.6 is 21.6 Å². The van der Waals surface area contributed by atoms with Crippen LogP contribution in [0, 0.1) is 0 Å². The molecule has 0 atom stereocenters. The molecule has 44 valence electrons. The normalized spacial score (nSPS) is 21.6. The van der Waals surface area contributed by atoms with Crippen LogP contribution in [0.1, 0.15) is 0 Å². The van der Waals surface area contributed by atoms with Gasteiger partial charge in [-0.25, -0.2) is 0 Å². The fourth-order valence-corrected chi connectivity index (χ4v) is 1.59. The molecule has 1 saturated heterocycles. The van der Waals surface area contributed by atoms with E-state index in [1.165, 1.54) is 21.6 Å². The minimum atomic E-state index is -0.366. The molecule has 0 aromatic heterocycles. The molecule has 0 radical (unpaired) electrons. The van der Waals surface area contributed by atoms with Gasteiger partial charge in [0.1, 0.15) is 0 Å². The Balaban J connectivity index is 2.53. The molecule has 0 aromatic rings. The highest BCUT2D eigenvalue weighted by Crippen LogP contribution is 2.63. The average molecular weight is 148 g/mol. The Hall–Kier alpha value is -0.0300. The lowest BCUT2D eigenvalue weighted by atomic mass is 11.0. The zero-order valence-electron chi connectivity index (χ0n) is 4.16. The third-order valence-electron chi connectivity index (χ3n) is 0.734. The molecule has 0 bridgehead atoms. The highest BCUT2D eigenvalue weighted by molar-refractivity contribution is 8.93. The van der Waals surface area contributed by atoms with Crippen LogP contribution in [0.5, 0.6) is 0 Å². The van der Waals surface area contributed by atoms with Crippen molar-refractivity contribution >= 4 is 21.6 Å². The number of hydrogen-bond acceptors (Lipinski definition) is 4. The molecule has 6 heteroatoms. The third kappa shape index (κ3) is 1.03. The van der Waals surface area contributed by atoms with Gasteiger partial charge >= 0.3 is 0 Å². The second-order valence-electron chi connectivity index (χ2n) is 1.19. The first-order valence-corrected chi connectivity index (χ1v) is 4.10. The third-order valence-corrected chi connectivity index (χ3v) is 3.23. The summed E-state index contributed by atoms with van der Waals surface area (Å²) in [6, 6.07) is 0. The maximum atomic E-state index is 7.96. The molecule has 1 fully saturated rings. The Kier molecular flexibility index (Phi) is 1.57. The molecule has 0 amide bonds. The van der Waals surface area contributed by atoms with Crippen molar-refractivity contribution in [1.29, 1.82) is 0 Å². The number of nitrogens with zero attached hydrogens (tertiary/aromatic N) is 3. The first kappa shape index (κ1) is 6.10. The minimum Gasteiger partial charge on any atom is -0.291 e. The molecule has 0 spiro atoms. The molecule has 1 heterocycles.